The number of amides is 1. The van der Waals surface area contributed by atoms with Gasteiger partial charge in [-0.2, -0.15) is 0 Å². The summed E-state index contributed by atoms with van der Waals surface area (Å²) in [6.07, 6.45) is 8.07. The molecule has 0 spiro atoms. The summed E-state index contributed by atoms with van der Waals surface area (Å²) in [6, 6.07) is 10.0. The zero-order valence-corrected chi connectivity index (χ0v) is 14.6. The first-order valence-electron chi connectivity index (χ1n) is 8.53. The van der Waals surface area contributed by atoms with Crippen molar-refractivity contribution in [2.24, 2.45) is 4.99 Å². The van der Waals surface area contributed by atoms with Crippen LogP contribution in [-0.4, -0.2) is 46.6 Å². The van der Waals surface area contributed by atoms with Crippen molar-refractivity contribution in [1.29, 1.82) is 0 Å². The molecular weight excluding hydrogens is 312 g/mol. The molecule has 128 valence electrons. The molecule has 5 nitrogen and oxygen atoms in total. The third-order valence-corrected chi connectivity index (χ3v) is 4.30. The molecule has 1 saturated heterocycles. The summed E-state index contributed by atoms with van der Waals surface area (Å²) in [4.78, 5) is 27.5. The molecule has 1 aliphatic rings. The van der Waals surface area contributed by atoms with E-state index in [2.05, 4.69) is 15.0 Å². The van der Waals surface area contributed by atoms with Crippen LogP contribution in [-0.2, 0) is 4.79 Å². The van der Waals surface area contributed by atoms with Gasteiger partial charge in [0.2, 0.25) is 0 Å². The van der Waals surface area contributed by atoms with Gasteiger partial charge in [-0.1, -0.05) is 43.3 Å². The predicted octanol–water partition coefficient (Wildman–Crippen LogP) is 3.11. The standard InChI is InChI=1S/C20H22N4O/c1-3-4-10-17(21-2)20(25)24-13-16(14-24)19-18(22-11-12-23-19)15-8-6-5-7-9-15/h4-12,16H,3,13-14H2,1-2H3/b10-4-,21-17?. The van der Waals surface area contributed by atoms with Crippen LogP contribution >= 0.6 is 0 Å². The molecule has 0 radical (unpaired) electrons. The van der Waals surface area contributed by atoms with E-state index in [0.717, 1.165) is 23.4 Å². The fourth-order valence-electron chi connectivity index (χ4n) is 2.92. The molecule has 3 rings (SSSR count). The number of aliphatic imine (C=N–C) groups is 1. The number of rotatable bonds is 5. The van der Waals surface area contributed by atoms with Crippen LogP contribution in [0.1, 0.15) is 25.0 Å². The Bertz CT molecular complexity index is 792. The van der Waals surface area contributed by atoms with Crippen LogP contribution in [0.3, 0.4) is 0 Å². The molecule has 0 saturated carbocycles. The van der Waals surface area contributed by atoms with Crippen molar-refractivity contribution < 1.29 is 4.79 Å². The lowest BCUT2D eigenvalue weighted by atomic mass is 9.92. The molecule has 0 N–H and O–H groups in total. The third kappa shape index (κ3) is 3.65. The van der Waals surface area contributed by atoms with Gasteiger partial charge in [0.1, 0.15) is 5.71 Å². The molecule has 1 aromatic carbocycles. The van der Waals surface area contributed by atoms with Gasteiger partial charge in [0, 0.05) is 44.0 Å². The third-order valence-electron chi connectivity index (χ3n) is 4.30. The average Bonchev–Trinajstić information content (AvgIpc) is 2.62. The van der Waals surface area contributed by atoms with E-state index in [0.29, 0.717) is 18.8 Å². The molecule has 25 heavy (non-hydrogen) atoms. The van der Waals surface area contributed by atoms with Gasteiger partial charge in [-0.3, -0.25) is 19.8 Å². The normalized spacial score (nSPS) is 15.4. The molecule has 5 heteroatoms. The maximum absolute atomic E-state index is 12.5. The number of benzene rings is 1. The van der Waals surface area contributed by atoms with E-state index in [1.54, 1.807) is 25.5 Å². The van der Waals surface area contributed by atoms with Crippen molar-refractivity contribution in [3.63, 3.8) is 0 Å². The van der Waals surface area contributed by atoms with Crippen LogP contribution in [0.15, 0.2) is 59.9 Å². The highest BCUT2D eigenvalue weighted by atomic mass is 16.2. The first-order valence-corrected chi connectivity index (χ1v) is 8.53. The van der Waals surface area contributed by atoms with Crippen LogP contribution in [0.2, 0.25) is 0 Å². The minimum Gasteiger partial charge on any atom is -0.336 e. The van der Waals surface area contributed by atoms with Crippen molar-refractivity contribution in [3.8, 4) is 11.3 Å². The first kappa shape index (κ1) is 17.0. The highest BCUT2D eigenvalue weighted by Gasteiger charge is 2.35. The molecule has 1 aliphatic heterocycles. The average molecular weight is 334 g/mol. The highest BCUT2D eigenvalue weighted by molar-refractivity contribution is 6.43. The number of aromatic nitrogens is 2. The second kappa shape index (κ2) is 7.83. The molecule has 0 bridgehead atoms. The molecule has 0 aliphatic carbocycles. The van der Waals surface area contributed by atoms with Crippen LogP contribution in [0.25, 0.3) is 11.3 Å². The quantitative estimate of drug-likeness (QED) is 0.790. The lowest BCUT2D eigenvalue weighted by molar-refractivity contribution is -0.128. The van der Waals surface area contributed by atoms with Gasteiger partial charge in [-0.05, 0) is 12.5 Å². The van der Waals surface area contributed by atoms with E-state index >= 15 is 0 Å². The van der Waals surface area contributed by atoms with E-state index in [1.807, 2.05) is 48.2 Å². The number of likely N-dealkylation sites (tertiary alicyclic amines) is 1. The van der Waals surface area contributed by atoms with Gasteiger partial charge in [0.25, 0.3) is 5.91 Å². The van der Waals surface area contributed by atoms with Gasteiger partial charge in [0.15, 0.2) is 0 Å². The Balaban J connectivity index is 1.74. The number of nitrogens with zero attached hydrogens (tertiary/aromatic N) is 4. The molecule has 1 fully saturated rings. The molecule has 1 aromatic heterocycles. The summed E-state index contributed by atoms with van der Waals surface area (Å²) in [6.45, 7) is 3.33. The maximum atomic E-state index is 12.5. The minimum absolute atomic E-state index is 0.0198. The van der Waals surface area contributed by atoms with E-state index in [1.165, 1.54) is 0 Å². The highest BCUT2D eigenvalue weighted by Crippen LogP contribution is 2.31. The first-order chi connectivity index (χ1) is 12.2. The summed E-state index contributed by atoms with van der Waals surface area (Å²) in [5.74, 6) is 0.190. The van der Waals surface area contributed by atoms with E-state index in [9.17, 15) is 4.79 Å². The van der Waals surface area contributed by atoms with Crippen molar-refractivity contribution in [2.75, 3.05) is 20.1 Å². The summed E-state index contributed by atoms with van der Waals surface area (Å²) < 4.78 is 0. The number of allylic oxidation sites excluding steroid dienone is 1. The molecular formula is C20H22N4O. The molecule has 2 heterocycles. The molecule has 1 amide bonds. The van der Waals surface area contributed by atoms with E-state index < -0.39 is 0 Å². The molecule has 0 atom stereocenters. The second-order valence-corrected chi connectivity index (χ2v) is 5.98. The lowest BCUT2D eigenvalue weighted by Crippen LogP contribution is -2.51. The number of carbonyl (C=O) groups excluding carboxylic acids is 1. The van der Waals surface area contributed by atoms with Crippen molar-refractivity contribution in [3.05, 3.63) is 60.6 Å². The number of hydrogen-bond donors (Lipinski definition) is 0. The summed E-state index contributed by atoms with van der Waals surface area (Å²) in [5, 5.41) is 0. The molecule has 2 aromatic rings. The van der Waals surface area contributed by atoms with Gasteiger partial charge in [-0.25, -0.2) is 0 Å². The van der Waals surface area contributed by atoms with Crippen LogP contribution in [0.4, 0.5) is 0 Å². The fourth-order valence-corrected chi connectivity index (χ4v) is 2.92. The smallest absolute Gasteiger partial charge is 0.272 e. The van der Waals surface area contributed by atoms with Crippen molar-refractivity contribution in [1.82, 2.24) is 14.9 Å². The van der Waals surface area contributed by atoms with Crippen LogP contribution in [0, 0.1) is 0 Å². The zero-order valence-electron chi connectivity index (χ0n) is 14.6. The number of hydrogen-bond acceptors (Lipinski definition) is 4. The topological polar surface area (TPSA) is 58.5 Å². The fraction of sp³-hybridized carbons (Fsp3) is 0.300. The van der Waals surface area contributed by atoms with E-state index in [-0.39, 0.29) is 11.8 Å². The Morgan fingerprint density at radius 2 is 1.96 bits per heavy atom. The van der Waals surface area contributed by atoms with Crippen molar-refractivity contribution >= 4 is 11.6 Å². The summed E-state index contributed by atoms with van der Waals surface area (Å²) in [7, 11) is 1.65. The van der Waals surface area contributed by atoms with Crippen molar-refractivity contribution in [2.45, 2.75) is 19.3 Å². The second-order valence-electron chi connectivity index (χ2n) is 5.98. The summed E-state index contributed by atoms with van der Waals surface area (Å²) >= 11 is 0. The van der Waals surface area contributed by atoms with Gasteiger partial charge >= 0.3 is 0 Å². The predicted molar refractivity (Wildman–Crippen MR) is 99.6 cm³/mol. The van der Waals surface area contributed by atoms with Gasteiger partial charge in [-0.15, -0.1) is 0 Å². The Labute approximate surface area is 148 Å². The Hall–Kier alpha value is -2.82. The van der Waals surface area contributed by atoms with E-state index in [4.69, 9.17) is 0 Å². The Morgan fingerprint density at radius 1 is 1.24 bits per heavy atom. The lowest BCUT2D eigenvalue weighted by Gasteiger charge is -2.39. The Kier molecular flexibility index (Phi) is 5.33. The number of carbonyl (C=O) groups is 1. The SMILES string of the molecule is CC/C=C\C(=NC)C(=O)N1CC(c2nccnc2-c2ccccc2)C1. The Morgan fingerprint density at radius 3 is 2.64 bits per heavy atom. The van der Waals surface area contributed by atoms with Gasteiger partial charge in [0.05, 0.1) is 11.4 Å². The largest absolute Gasteiger partial charge is 0.336 e. The molecule has 0 unspecified atom stereocenters. The van der Waals surface area contributed by atoms with Crippen LogP contribution < -0.4 is 0 Å². The van der Waals surface area contributed by atoms with Gasteiger partial charge < -0.3 is 4.90 Å². The van der Waals surface area contributed by atoms with Crippen LogP contribution in [0.5, 0.6) is 0 Å². The maximum Gasteiger partial charge on any atom is 0.272 e. The summed E-state index contributed by atoms with van der Waals surface area (Å²) in [5.41, 5.74) is 3.41. The minimum atomic E-state index is -0.0198. The zero-order chi connectivity index (χ0) is 17.6. The monoisotopic (exact) mass is 334 g/mol.